The third kappa shape index (κ3) is 2.74. The van der Waals surface area contributed by atoms with Gasteiger partial charge in [-0.25, -0.2) is 9.78 Å². The number of aliphatic hydroxyl groups is 1. The molecule has 0 aliphatic carbocycles. The Kier molecular flexibility index (Phi) is 4.49. The van der Waals surface area contributed by atoms with Crippen LogP contribution in [0.15, 0.2) is 41.3 Å². The van der Waals surface area contributed by atoms with E-state index in [4.69, 9.17) is 9.72 Å². The maximum atomic E-state index is 13.4. The molecule has 1 aromatic carbocycles. The van der Waals surface area contributed by atoms with Gasteiger partial charge >= 0.3 is 5.97 Å². The van der Waals surface area contributed by atoms with Gasteiger partial charge in [-0.15, -0.1) is 0 Å². The Morgan fingerprint density at radius 1 is 1.28 bits per heavy atom. The van der Waals surface area contributed by atoms with Crippen molar-refractivity contribution in [2.75, 3.05) is 5.32 Å². The van der Waals surface area contributed by atoms with E-state index in [-0.39, 0.29) is 18.6 Å². The number of cyclic esters (lactones) is 1. The summed E-state index contributed by atoms with van der Waals surface area (Å²) in [7, 11) is 0. The highest BCUT2D eigenvalue weighted by molar-refractivity contribution is 5.91. The lowest BCUT2D eigenvalue weighted by Gasteiger charge is -2.31. The van der Waals surface area contributed by atoms with Gasteiger partial charge in [-0.1, -0.05) is 20.4 Å². The number of ether oxygens (including phenoxy) is 1. The molecule has 7 heteroatoms. The first-order valence-electron chi connectivity index (χ1n) is 10.8. The molecule has 0 unspecified atom stereocenters. The predicted molar refractivity (Wildman–Crippen MR) is 122 cm³/mol. The van der Waals surface area contributed by atoms with Crippen LogP contribution in [0.25, 0.3) is 22.3 Å². The summed E-state index contributed by atoms with van der Waals surface area (Å²) in [6, 6.07) is 7.73. The maximum absolute atomic E-state index is 13.4. The van der Waals surface area contributed by atoms with Crippen LogP contribution in [0.2, 0.25) is 0 Å². The normalized spacial score (nSPS) is 18.7. The molecule has 0 spiro atoms. The fourth-order valence-corrected chi connectivity index (χ4v) is 4.89. The molecule has 1 atom stereocenters. The number of carbonyl (C=O) groups excluding carboxylic acids is 1. The van der Waals surface area contributed by atoms with Gasteiger partial charge in [0.1, 0.15) is 6.61 Å². The summed E-state index contributed by atoms with van der Waals surface area (Å²) < 4.78 is 6.83. The van der Waals surface area contributed by atoms with E-state index < -0.39 is 11.6 Å². The zero-order chi connectivity index (χ0) is 22.8. The zero-order valence-electron chi connectivity index (χ0n) is 18.4. The lowest BCUT2D eigenvalue weighted by atomic mass is 9.86. The number of hydrogen-bond acceptors (Lipinski definition) is 6. The molecular formula is C25H25N3O4. The molecule has 2 aliphatic rings. The smallest absolute Gasteiger partial charge is 0.343 e. The quantitative estimate of drug-likeness (QED) is 0.480. The van der Waals surface area contributed by atoms with E-state index in [1.165, 1.54) is 0 Å². The van der Waals surface area contributed by atoms with Crippen LogP contribution in [-0.2, 0) is 34.7 Å². The third-order valence-electron chi connectivity index (χ3n) is 6.52. The van der Waals surface area contributed by atoms with Crippen molar-refractivity contribution in [2.45, 2.75) is 52.4 Å². The highest BCUT2D eigenvalue weighted by atomic mass is 16.6. The van der Waals surface area contributed by atoms with Gasteiger partial charge in [0.2, 0.25) is 0 Å². The van der Waals surface area contributed by atoms with E-state index >= 15 is 0 Å². The van der Waals surface area contributed by atoms with Crippen molar-refractivity contribution in [3.8, 4) is 11.4 Å². The molecule has 0 amide bonds. The minimum atomic E-state index is -1.82. The van der Waals surface area contributed by atoms with Crippen LogP contribution >= 0.6 is 0 Å². The van der Waals surface area contributed by atoms with Crippen molar-refractivity contribution in [3.05, 3.63) is 69.1 Å². The minimum absolute atomic E-state index is 0.123. The lowest BCUT2D eigenvalue weighted by molar-refractivity contribution is -0.172. The number of allylic oxidation sites excluding steroid dienone is 1. The van der Waals surface area contributed by atoms with Gasteiger partial charge < -0.3 is 19.7 Å². The van der Waals surface area contributed by atoms with Crippen LogP contribution in [0.3, 0.4) is 0 Å². The molecule has 0 bridgehead atoms. The van der Waals surface area contributed by atoms with Gasteiger partial charge in [-0.2, -0.15) is 0 Å². The first kappa shape index (κ1) is 20.5. The molecule has 4 heterocycles. The van der Waals surface area contributed by atoms with Gasteiger partial charge in [0.05, 0.1) is 29.0 Å². The van der Waals surface area contributed by atoms with Crippen LogP contribution in [-0.4, -0.2) is 20.6 Å². The first-order valence-corrected chi connectivity index (χ1v) is 10.8. The second-order valence-corrected chi connectivity index (χ2v) is 8.51. The summed E-state index contributed by atoms with van der Waals surface area (Å²) in [5.41, 5.74) is 4.71. The molecular weight excluding hydrogens is 406 g/mol. The molecule has 2 aromatic heterocycles. The van der Waals surface area contributed by atoms with Crippen molar-refractivity contribution >= 4 is 22.6 Å². The number of anilines is 1. The second-order valence-electron chi connectivity index (χ2n) is 8.51. The molecule has 7 nitrogen and oxygen atoms in total. The van der Waals surface area contributed by atoms with E-state index in [9.17, 15) is 14.7 Å². The third-order valence-corrected chi connectivity index (χ3v) is 6.52. The van der Waals surface area contributed by atoms with Gasteiger partial charge in [0, 0.05) is 27.9 Å². The fourth-order valence-electron chi connectivity index (χ4n) is 4.89. The van der Waals surface area contributed by atoms with Crippen LogP contribution in [0.5, 0.6) is 0 Å². The molecule has 2 N–H and O–H groups in total. The summed E-state index contributed by atoms with van der Waals surface area (Å²) >= 11 is 0. The number of nitrogens with one attached hydrogen (secondary N) is 1. The molecule has 164 valence electrons. The van der Waals surface area contributed by atoms with Gasteiger partial charge in [0.25, 0.3) is 5.56 Å². The number of benzene rings is 1. The number of rotatable bonds is 4. The van der Waals surface area contributed by atoms with E-state index in [0.717, 1.165) is 45.5 Å². The highest BCUT2D eigenvalue weighted by Crippen LogP contribution is 2.40. The van der Waals surface area contributed by atoms with Crippen molar-refractivity contribution in [2.24, 2.45) is 0 Å². The van der Waals surface area contributed by atoms with E-state index in [0.29, 0.717) is 23.4 Å². The van der Waals surface area contributed by atoms with Crippen LogP contribution in [0.4, 0.5) is 5.69 Å². The van der Waals surface area contributed by atoms with Crippen molar-refractivity contribution in [1.29, 1.82) is 0 Å². The number of carbonyl (C=O) groups is 1. The Bertz CT molecular complexity index is 1390. The Balaban J connectivity index is 1.76. The number of fused-ring (bicyclic) bond motifs is 5. The van der Waals surface area contributed by atoms with Crippen LogP contribution in [0, 0.1) is 0 Å². The number of hydrogen-bond donors (Lipinski definition) is 2. The van der Waals surface area contributed by atoms with E-state index in [1.54, 1.807) is 17.6 Å². The Morgan fingerprint density at radius 2 is 2.06 bits per heavy atom. The summed E-state index contributed by atoms with van der Waals surface area (Å²) in [6.07, 6.45) is 0.902. The topological polar surface area (TPSA) is 93.5 Å². The molecule has 0 saturated carbocycles. The lowest BCUT2D eigenvalue weighted by Crippen LogP contribution is -2.44. The SMILES string of the molecule is C=C(C)Nc1ccc2nc3c(c(CC)c2c1)Cn1c-3cc2c(c1=O)COC(=O)[C@]2(O)CC. The molecule has 3 aromatic rings. The second kappa shape index (κ2) is 7.03. The Labute approximate surface area is 185 Å². The number of pyridine rings is 2. The summed E-state index contributed by atoms with van der Waals surface area (Å²) in [5.74, 6) is -0.715. The number of nitrogens with zero attached hydrogens (tertiary/aromatic N) is 2. The summed E-state index contributed by atoms with van der Waals surface area (Å²) in [4.78, 5) is 30.6. The minimum Gasteiger partial charge on any atom is -0.458 e. The average Bonchev–Trinajstić information content (AvgIpc) is 3.13. The zero-order valence-corrected chi connectivity index (χ0v) is 18.4. The number of esters is 1. The van der Waals surface area contributed by atoms with E-state index in [2.05, 4.69) is 24.9 Å². The van der Waals surface area contributed by atoms with Gasteiger partial charge in [-0.3, -0.25) is 4.79 Å². The maximum Gasteiger partial charge on any atom is 0.343 e. The van der Waals surface area contributed by atoms with Crippen molar-refractivity contribution in [1.82, 2.24) is 9.55 Å². The van der Waals surface area contributed by atoms with E-state index in [1.807, 2.05) is 19.1 Å². The molecule has 0 radical (unpaired) electrons. The fraction of sp³-hybridized carbons (Fsp3) is 0.320. The number of aryl methyl sites for hydroxylation is 1. The van der Waals surface area contributed by atoms with Crippen molar-refractivity contribution < 1.29 is 14.6 Å². The Morgan fingerprint density at radius 3 is 2.75 bits per heavy atom. The summed E-state index contributed by atoms with van der Waals surface area (Å²) in [5, 5.41) is 15.3. The van der Waals surface area contributed by atoms with Crippen LogP contribution < -0.4 is 10.9 Å². The largest absolute Gasteiger partial charge is 0.458 e. The molecule has 2 aliphatic heterocycles. The number of aromatic nitrogens is 2. The standard InChI is InChI=1S/C25H25N3O4/c1-5-15-16-9-14(26-13(3)4)7-8-20(16)27-22-17(15)11-28-21(22)10-19-18(23(28)29)12-32-24(30)25(19,31)6-2/h7-10,26,31H,3,5-6,11-12H2,1-2,4H3/t25-/m0/s1. The van der Waals surface area contributed by atoms with Gasteiger partial charge in [-0.05, 0) is 49.6 Å². The highest BCUT2D eigenvalue weighted by Gasteiger charge is 2.45. The molecule has 32 heavy (non-hydrogen) atoms. The molecule has 0 saturated heterocycles. The summed E-state index contributed by atoms with van der Waals surface area (Å²) in [6.45, 7) is 9.88. The monoisotopic (exact) mass is 431 g/mol. The van der Waals surface area contributed by atoms with Gasteiger partial charge in [0.15, 0.2) is 5.60 Å². The molecule has 0 fully saturated rings. The molecule has 5 rings (SSSR count). The Hall–Kier alpha value is -3.45. The predicted octanol–water partition coefficient (Wildman–Crippen LogP) is 3.59. The first-order chi connectivity index (χ1) is 15.3. The average molecular weight is 431 g/mol. The van der Waals surface area contributed by atoms with Crippen LogP contribution in [0.1, 0.15) is 49.4 Å². The van der Waals surface area contributed by atoms with Crippen molar-refractivity contribution in [3.63, 3.8) is 0 Å².